The topological polar surface area (TPSA) is 92.5 Å². The fourth-order valence-electron chi connectivity index (χ4n) is 1.78. The number of nitrogens with one attached hydrogen (secondary N) is 1. The van der Waals surface area contributed by atoms with Crippen molar-refractivity contribution in [2.45, 2.75) is 6.92 Å². The largest absolute Gasteiger partial charge is 0.508 e. The van der Waals surface area contributed by atoms with Crippen molar-refractivity contribution in [1.29, 1.82) is 0 Å². The molecule has 0 spiro atoms. The Morgan fingerprint density at radius 2 is 2.00 bits per heavy atom. The van der Waals surface area contributed by atoms with Crippen LogP contribution >= 0.6 is 0 Å². The smallest absolute Gasteiger partial charge is 0.282 e. The van der Waals surface area contributed by atoms with Gasteiger partial charge in [-0.05, 0) is 36.8 Å². The van der Waals surface area contributed by atoms with Crippen LogP contribution in [0.3, 0.4) is 0 Å². The van der Waals surface area contributed by atoms with E-state index in [1.165, 1.54) is 12.1 Å². The summed E-state index contributed by atoms with van der Waals surface area (Å²) in [7, 11) is 0. The second kappa shape index (κ2) is 5.58. The molecule has 0 aliphatic carbocycles. The number of phenolic OH excluding ortho intramolecular Hbond substituents is 1. The number of aromatic hydroxyl groups is 1. The first-order chi connectivity index (χ1) is 9.88. The number of carbonyl (C=O) groups excluding carboxylic acids is 1. The van der Waals surface area contributed by atoms with E-state index < -0.39 is 22.3 Å². The average molecular weight is 290 g/mol. The number of hydrogen-bond donors (Lipinski definition) is 2. The second-order valence-electron chi connectivity index (χ2n) is 4.37. The Morgan fingerprint density at radius 3 is 2.67 bits per heavy atom. The normalized spacial score (nSPS) is 10.2. The molecule has 0 radical (unpaired) electrons. The van der Waals surface area contributed by atoms with Crippen LogP contribution in [0.2, 0.25) is 0 Å². The molecule has 6 nitrogen and oxygen atoms in total. The minimum Gasteiger partial charge on any atom is -0.508 e. The zero-order valence-electron chi connectivity index (χ0n) is 11.0. The van der Waals surface area contributed by atoms with Crippen molar-refractivity contribution >= 4 is 17.3 Å². The molecule has 1 amide bonds. The van der Waals surface area contributed by atoms with E-state index in [0.717, 1.165) is 24.3 Å². The van der Waals surface area contributed by atoms with Gasteiger partial charge in [0.15, 0.2) is 0 Å². The summed E-state index contributed by atoms with van der Waals surface area (Å²) >= 11 is 0. The van der Waals surface area contributed by atoms with E-state index in [1.54, 1.807) is 6.92 Å². The molecule has 0 saturated carbocycles. The summed E-state index contributed by atoms with van der Waals surface area (Å²) in [5, 5.41) is 22.7. The molecule has 0 aliphatic heterocycles. The van der Waals surface area contributed by atoms with Gasteiger partial charge in [-0.2, -0.15) is 0 Å². The van der Waals surface area contributed by atoms with E-state index in [1.807, 2.05) is 0 Å². The van der Waals surface area contributed by atoms with Crippen LogP contribution in [0.25, 0.3) is 0 Å². The predicted octanol–water partition coefficient (Wildman–Crippen LogP) is 3.00. The highest BCUT2D eigenvalue weighted by Gasteiger charge is 2.21. The Bertz CT molecular complexity index is 731. The van der Waals surface area contributed by atoms with E-state index in [9.17, 15) is 24.4 Å². The van der Waals surface area contributed by atoms with Crippen molar-refractivity contribution in [3.63, 3.8) is 0 Å². The standard InChI is InChI=1S/C14H11FN2O4/c1-8-2-3-9(15)6-12(8)16-14(19)11-7-10(18)4-5-13(11)17(20)21/h2-7,18H,1H3,(H,16,19). The van der Waals surface area contributed by atoms with Crippen LogP contribution in [0.5, 0.6) is 5.75 Å². The van der Waals surface area contributed by atoms with E-state index in [4.69, 9.17) is 0 Å². The van der Waals surface area contributed by atoms with E-state index in [2.05, 4.69) is 5.32 Å². The number of nitro benzene ring substituents is 1. The average Bonchev–Trinajstić information content (AvgIpc) is 2.42. The number of phenols is 1. The van der Waals surface area contributed by atoms with E-state index >= 15 is 0 Å². The lowest BCUT2D eigenvalue weighted by molar-refractivity contribution is -0.385. The van der Waals surface area contributed by atoms with Gasteiger partial charge in [0.25, 0.3) is 11.6 Å². The Balaban J connectivity index is 2.39. The molecule has 2 aromatic carbocycles. The monoisotopic (exact) mass is 290 g/mol. The third-order valence-corrected chi connectivity index (χ3v) is 2.87. The molecule has 2 aromatic rings. The Kier molecular flexibility index (Phi) is 3.84. The summed E-state index contributed by atoms with van der Waals surface area (Å²) in [5.74, 6) is -1.62. The summed E-state index contributed by atoms with van der Waals surface area (Å²) in [6, 6.07) is 6.96. The van der Waals surface area contributed by atoms with Crippen LogP contribution in [-0.4, -0.2) is 15.9 Å². The molecule has 0 atom stereocenters. The lowest BCUT2D eigenvalue weighted by Crippen LogP contribution is -2.14. The molecular formula is C14H11FN2O4. The molecule has 2 rings (SSSR count). The van der Waals surface area contributed by atoms with Gasteiger partial charge in [0.1, 0.15) is 17.1 Å². The third kappa shape index (κ3) is 3.14. The fraction of sp³-hybridized carbons (Fsp3) is 0.0714. The molecule has 0 fully saturated rings. The number of nitrogens with zero attached hydrogens (tertiary/aromatic N) is 1. The zero-order valence-corrected chi connectivity index (χ0v) is 11.0. The van der Waals surface area contributed by atoms with Gasteiger partial charge in [-0.1, -0.05) is 6.07 Å². The molecular weight excluding hydrogens is 279 g/mol. The summed E-state index contributed by atoms with van der Waals surface area (Å²) in [5.41, 5.74) is 0.0632. The van der Waals surface area contributed by atoms with E-state index in [-0.39, 0.29) is 17.0 Å². The minimum atomic E-state index is -0.800. The van der Waals surface area contributed by atoms with E-state index in [0.29, 0.717) is 5.56 Å². The quantitative estimate of drug-likeness (QED) is 0.671. The highest BCUT2D eigenvalue weighted by atomic mass is 19.1. The van der Waals surface area contributed by atoms with Crippen LogP contribution in [0.4, 0.5) is 15.8 Å². The number of rotatable bonds is 3. The lowest BCUT2D eigenvalue weighted by atomic mass is 10.1. The van der Waals surface area contributed by atoms with Gasteiger partial charge in [0.2, 0.25) is 0 Å². The second-order valence-corrected chi connectivity index (χ2v) is 4.37. The van der Waals surface area contributed by atoms with Crippen LogP contribution in [-0.2, 0) is 0 Å². The number of aryl methyl sites for hydroxylation is 1. The van der Waals surface area contributed by atoms with Crippen molar-refractivity contribution < 1.29 is 19.2 Å². The number of carbonyl (C=O) groups is 1. The highest BCUT2D eigenvalue weighted by molar-refractivity contribution is 6.07. The number of hydrogen-bond acceptors (Lipinski definition) is 4. The van der Waals surface area contributed by atoms with Crippen LogP contribution in [0, 0.1) is 22.9 Å². The fourth-order valence-corrected chi connectivity index (χ4v) is 1.78. The first-order valence-corrected chi connectivity index (χ1v) is 5.93. The number of anilines is 1. The Labute approximate surface area is 119 Å². The van der Waals surface area contributed by atoms with Crippen LogP contribution in [0.15, 0.2) is 36.4 Å². The maximum absolute atomic E-state index is 13.2. The summed E-state index contributed by atoms with van der Waals surface area (Å²) in [6.07, 6.45) is 0. The molecule has 7 heteroatoms. The van der Waals surface area contributed by atoms with Crippen molar-refractivity contribution in [2.24, 2.45) is 0 Å². The summed E-state index contributed by atoms with van der Waals surface area (Å²) in [6.45, 7) is 1.66. The first kappa shape index (κ1) is 14.4. The molecule has 0 saturated heterocycles. The molecule has 0 unspecified atom stereocenters. The predicted molar refractivity (Wildman–Crippen MR) is 73.9 cm³/mol. The summed E-state index contributed by atoms with van der Waals surface area (Å²) in [4.78, 5) is 22.3. The maximum Gasteiger partial charge on any atom is 0.282 e. The Morgan fingerprint density at radius 1 is 1.29 bits per heavy atom. The van der Waals surface area contributed by atoms with Crippen LogP contribution in [0.1, 0.15) is 15.9 Å². The number of amides is 1. The van der Waals surface area contributed by atoms with Gasteiger partial charge in [-0.25, -0.2) is 4.39 Å². The minimum absolute atomic E-state index is 0.206. The third-order valence-electron chi connectivity index (χ3n) is 2.87. The van der Waals surface area contributed by atoms with Crippen LogP contribution < -0.4 is 5.32 Å². The number of nitro groups is 1. The van der Waals surface area contributed by atoms with Gasteiger partial charge < -0.3 is 10.4 Å². The zero-order chi connectivity index (χ0) is 15.6. The molecule has 21 heavy (non-hydrogen) atoms. The number of halogens is 1. The first-order valence-electron chi connectivity index (χ1n) is 5.93. The van der Waals surface area contributed by atoms with Crippen molar-refractivity contribution in [3.8, 4) is 5.75 Å². The summed E-state index contributed by atoms with van der Waals surface area (Å²) < 4.78 is 13.2. The lowest BCUT2D eigenvalue weighted by Gasteiger charge is -2.09. The molecule has 0 heterocycles. The highest BCUT2D eigenvalue weighted by Crippen LogP contribution is 2.25. The van der Waals surface area contributed by atoms with Crippen molar-refractivity contribution in [1.82, 2.24) is 0 Å². The van der Waals surface area contributed by atoms with Gasteiger partial charge >= 0.3 is 0 Å². The molecule has 2 N–H and O–H groups in total. The maximum atomic E-state index is 13.2. The molecule has 0 aliphatic rings. The van der Waals surface area contributed by atoms with Crippen molar-refractivity contribution in [3.05, 3.63) is 63.5 Å². The molecule has 0 bridgehead atoms. The van der Waals surface area contributed by atoms with Gasteiger partial charge in [0.05, 0.1) is 4.92 Å². The molecule has 108 valence electrons. The van der Waals surface area contributed by atoms with Gasteiger partial charge in [-0.3, -0.25) is 14.9 Å². The van der Waals surface area contributed by atoms with Gasteiger partial charge in [0, 0.05) is 11.8 Å². The molecule has 0 aromatic heterocycles. The number of benzene rings is 2. The van der Waals surface area contributed by atoms with Crippen molar-refractivity contribution in [2.75, 3.05) is 5.32 Å². The SMILES string of the molecule is Cc1ccc(F)cc1NC(=O)c1cc(O)ccc1[N+](=O)[O-]. The Hall–Kier alpha value is -2.96. The van der Waals surface area contributed by atoms with Gasteiger partial charge in [-0.15, -0.1) is 0 Å².